The van der Waals surface area contributed by atoms with Gasteiger partial charge in [-0.1, -0.05) is 0 Å². The van der Waals surface area contributed by atoms with Crippen LogP contribution in [0.15, 0.2) is 0 Å². The van der Waals surface area contributed by atoms with Gasteiger partial charge in [0.2, 0.25) is 0 Å². The van der Waals surface area contributed by atoms with Crippen LogP contribution < -0.4 is 16.0 Å². The molecule has 0 amide bonds. The molecule has 0 aromatic heterocycles. The molecule has 0 radical (unpaired) electrons. The Balaban J connectivity index is 4.56. The fourth-order valence-electron chi connectivity index (χ4n) is 1.57. The molecule has 0 heterocycles. The summed E-state index contributed by atoms with van der Waals surface area (Å²) in [6.45, 7) is 4.22. The zero-order valence-corrected chi connectivity index (χ0v) is 10.3. The van der Waals surface area contributed by atoms with Crippen LogP contribution in [0, 0.1) is 0 Å². The van der Waals surface area contributed by atoms with E-state index in [0.29, 0.717) is 6.61 Å². The van der Waals surface area contributed by atoms with Gasteiger partial charge in [0.1, 0.15) is 0 Å². The monoisotopic (exact) mass is 217 g/mol. The summed E-state index contributed by atoms with van der Waals surface area (Å²) < 4.78 is 4.95. The third kappa shape index (κ3) is 3.77. The largest absolute Gasteiger partial charge is 0.466 e. The maximum Gasteiger partial charge on any atom is 0.309 e. The molecule has 0 aliphatic carbocycles. The second-order valence-corrected chi connectivity index (χ2v) is 3.46. The number of likely N-dealkylation sites (N-methyl/N-ethyl adjacent to an activating group) is 3. The summed E-state index contributed by atoms with van der Waals surface area (Å²) >= 11 is 0. The number of hydrogen-bond acceptors (Lipinski definition) is 5. The Labute approximate surface area is 91.9 Å². The molecule has 0 saturated heterocycles. The van der Waals surface area contributed by atoms with E-state index in [1.54, 1.807) is 6.92 Å². The Morgan fingerprint density at radius 3 is 2.20 bits per heavy atom. The maximum absolute atomic E-state index is 11.5. The maximum atomic E-state index is 11.5. The highest BCUT2D eigenvalue weighted by Gasteiger charge is 2.35. The van der Waals surface area contributed by atoms with E-state index in [-0.39, 0.29) is 18.4 Å². The van der Waals surface area contributed by atoms with Crippen LogP contribution in [0.3, 0.4) is 0 Å². The fraction of sp³-hybridized carbons (Fsp3) is 0.900. The van der Waals surface area contributed by atoms with Crippen LogP contribution in [0.5, 0.6) is 0 Å². The second-order valence-electron chi connectivity index (χ2n) is 3.46. The van der Waals surface area contributed by atoms with Gasteiger partial charge < -0.3 is 20.7 Å². The van der Waals surface area contributed by atoms with Gasteiger partial charge in [-0.25, -0.2) is 0 Å². The van der Waals surface area contributed by atoms with Gasteiger partial charge in [0.15, 0.2) is 0 Å². The molecule has 0 fully saturated rings. The number of esters is 1. The molecule has 1 atom stereocenters. The quantitative estimate of drug-likeness (QED) is 0.403. The van der Waals surface area contributed by atoms with Crippen molar-refractivity contribution < 1.29 is 9.53 Å². The highest BCUT2D eigenvalue weighted by Crippen LogP contribution is 2.12. The molecular weight excluding hydrogens is 194 g/mol. The molecule has 0 aliphatic rings. The number of hydrogen-bond donors (Lipinski definition) is 3. The molecule has 5 heteroatoms. The summed E-state index contributed by atoms with van der Waals surface area (Å²) in [6.07, 6.45) is 0.288. The lowest BCUT2D eigenvalue weighted by molar-refractivity contribution is -0.145. The third-order valence-electron chi connectivity index (χ3n) is 2.79. The molecule has 0 spiro atoms. The molecule has 3 N–H and O–H groups in total. The zero-order chi connectivity index (χ0) is 11.9. The molecule has 0 aromatic carbocycles. The minimum atomic E-state index is -0.471. The van der Waals surface area contributed by atoms with Crippen LogP contribution in [-0.4, -0.2) is 45.4 Å². The van der Waals surface area contributed by atoms with Gasteiger partial charge >= 0.3 is 5.97 Å². The number of rotatable bonds is 7. The van der Waals surface area contributed by atoms with Crippen molar-refractivity contribution in [2.24, 2.45) is 0 Å². The van der Waals surface area contributed by atoms with Crippen molar-refractivity contribution in [3.63, 3.8) is 0 Å². The van der Waals surface area contributed by atoms with E-state index >= 15 is 0 Å². The Morgan fingerprint density at radius 2 is 1.87 bits per heavy atom. The van der Waals surface area contributed by atoms with Crippen LogP contribution in [0.25, 0.3) is 0 Å². The lowest BCUT2D eigenvalue weighted by atomic mass is 9.98. The smallest absolute Gasteiger partial charge is 0.309 e. The molecule has 0 aliphatic heterocycles. The van der Waals surface area contributed by atoms with Crippen LogP contribution in [0.2, 0.25) is 0 Å². The summed E-state index contributed by atoms with van der Waals surface area (Å²) in [5, 5.41) is 9.38. The van der Waals surface area contributed by atoms with Gasteiger partial charge in [-0.05, 0) is 35.0 Å². The summed E-state index contributed by atoms with van der Waals surface area (Å²) in [5.41, 5.74) is -0.471. The predicted molar refractivity (Wildman–Crippen MR) is 60.6 cm³/mol. The van der Waals surface area contributed by atoms with Gasteiger partial charge in [0.05, 0.1) is 18.7 Å². The van der Waals surface area contributed by atoms with Gasteiger partial charge in [-0.15, -0.1) is 0 Å². The van der Waals surface area contributed by atoms with Crippen LogP contribution in [0.1, 0.15) is 20.3 Å². The molecule has 15 heavy (non-hydrogen) atoms. The van der Waals surface area contributed by atoms with Crippen molar-refractivity contribution in [2.75, 3.05) is 27.7 Å². The summed E-state index contributed by atoms with van der Waals surface area (Å²) in [6, 6.07) is 0.108. The summed E-state index contributed by atoms with van der Waals surface area (Å²) in [4.78, 5) is 11.5. The molecule has 5 nitrogen and oxygen atoms in total. The Kier molecular flexibility index (Phi) is 6.47. The number of ether oxygens (including phenoxy) is 1. The van der Waals surface area contributed by atoms with E-state index in [2.05, 4.69) is 16.0 Å². The lowest BCUT2D eigenvalue weighted by Gasteiger charge is -2.37. The van der Waals surface area contributed by atoms with E-state index < -0.39 is 5.66 Å². The fourth-order valence-corrected chi connectivity index (χ4v) is 1.57. The first-order valence-electron chi connectivity index (χ1n) is 5.27. The molecule has 90 valence electrons. The van der Waals surface area contributed by atoms with Gasteiger partial charge in [-0.2, -0.15) is 0 Å². The number of carbonyl (C=O) groups excluding carboxylic acids is 1. The lowest BCUT2D eigenvalue weighted by Crippen LogP contribution is -2.65. The minimum absolute atomic E-state index is 0.108. The SMILES string of the molecule is CCOC(=O)CC(NC)(NC)C(C)NC. The van der Waals surface area contributed by atoms with Crippen molar-refractivity contribution in [3.8, 4) is 0 Å². The van der Waals surface area contributed by atoms with E-state index in [1.807, 2.05) is 28.1 Å². The van der Waals surface area contributed by atoms with Crippen molar-refractivity contribution in [1.29, 1.82) is 0 Å². The Morgan fingerprint density at radius 1 is 1.33 bits per heavy atom. The molecular formula is C10H23N3O2. The molecule has 0 rings (SSSR count). The first kappa shape index (κ1) is 14.3. The zero-order valence-electron chi connectivity index (χ0n) is 10.3. The van der Waals surface area contributed by atoms with Crippen molar-refractivity contribution in [3.05, 3.63) is 0 Å². The molecule has 0 saturated carbocycles. The summed E-state index contributed by atoms with van der Waals surface area (Å²) in [5.74, 6) is -0.205. The predicted octanol–water partition coefficient (Wildman–Crippen LogP) is -0.317. The molecule has 0 bridgehead atoms. The van der Waals surface area contributed by atoms with Crippen molar-refractivity contribution in [1.82, 2.24) is 16.0 Å². The van der Waals surface area contributed by atoms with Crippen molar-refractivity contribution >= 4 is 5.97 Å². The standard InChI is InChI=1S/C10H23N3O2/c1-6-15-9(14)7-10(12-4,13-5)8(2)11-3/h8,11-13H,6-7H2,1-5H3. The highest BCUT2D eigenvalue weighted by molar-refractivity contribution is 5.71. The molecule has 1 unspecified atom stereocenters. The van der Waals surface area contributed by atoms with Gasteiger partial charge in [0, 0.05) is 6.04 Å². The Bertz CT molecular complexity index is 193. The van der Waals surface area contributed by atoms with E-state index in [9.17, 15) is 4.79 Å². The summed E-state index contributed by atoms with van der Waals surface area (Å²) in [7, 11) is 5.51. The highest BCUT2D eigenvalue weighted by atomic mass is 16.5. The van der Waals surface area contributed by atoms with Gasteiger partial charge in [0.25, 0.3) is 0 Å². The van der Waals surface area contributed by atoms with E-state index in [1.165, 1.54) is 0 Å². The minimum Gasteiger partial charge on any atom is -0.466 e. The van der Waals surface area contributed by atoms with Crippen molar-refractivity contribution in [2.45, 2.75) is 32.0 Å². The first-order valence-corrected chi connectivity index (χ1v) is 5.27. The Hall–Kier alpha value is -0.650. The topological polar surface area (TPSA) is 62.4 Å². The average molecular weight is 217 g/mol. The average Bonchev–Trinajstić information content (AvgIpc) is 2.25. The molecule has 0 aromatic rings. The second kappa shape index (κ2) is 6.76. The van der Waals surface area contributed by atoms with E-state index in [4.69, 9.17) is 4.74 Å². The van der Waals surface area contributed by atoms with Crippen LogP contribution in [-0.2, 0) is 9.53 Å². The number of nitrogens with one attached hydrogen (secondary N) is 3. The van der Waals surface area contributed by atoms with Gasteiger partial charge in [-0.3, -0.25) is 4.79 Å². The third-order valence-corrected chi connectivity index (χ3v) is 2.79. The van der Waals surface area contributed by atoms with Crippen LogP contribution in [0.4, 0.5) is 0 Å². The van der Waals surface area contributed by atoms with Crippen LogP contribution >= 0.6 is 0 Å². The first-order chi connectivity index (χ1) is 7.06. The number of carbonyl (C=O) groups is 1. The van der Waals surface area contributed by atoms with E-state index in [0.717, 1.165) is 0 Å². The normalized spacial score (nSPS) is 13.7.